The van der Waals surface area contributed by atoms with Crippen LogP contribution in [0.3, 0.4) is 0 Å². The Labute approximate surface area is 377 Å². The Hall–Kier alpha value is -3.91. The molecule has 0 N–H and O–H groups in total. The van der Waals surface area contributed by atoms with Crippen LogP contribution in [0.1, 0.15) is 52.4 Å². The number of rotatable bonds is 20. The molecule has 0 bridgehead atoms. The molecule has 13 nitrogen and oxygen atoms in total. The Bertz CT molecular complexity index is 2530. The van der Waals surface area contributed by atoms with Gasteiger partial charge in [0.15, 0.2) is 0 Å². The highest BCUT2D eigenvalue weighted by Crippen LogP contribution is 2.15. The van der Waals surface area contributed by atoms with E-state index in [0.29, 0.717) is 32.8 Å². The molecule has 1 fully saturated rings. The average Bonchev–Trinajstić information content (AvgIpc) is 4.05. The van der Waals surface area contributed by atoms with Crippen molar-refractivity contribution in [2.75, 3.05) is 6.61 Å². The molecule has 0 amide bonds. The van der Waals surface area contributed by atoms with Gasteiger partial charge < -0.3 is 4.74 Å². The predicted octanol–water partition coefficient (Wildman–Crippen LogP) is 3.98. The van der Waals surface area contributed by atoms with E-state index in [1.165, 1.54) is 50.6 Å². The number of unbranched alkanes of at least 4 members (excludes halogenated alkanes) is 2. The van der Waals surface area contributed by atoms with Crippen molar-refractivity contribution in [2.45, 2.75) is 169 Å². The van der Waals surface area contributed by atoms with E-state index in [4.69, 9.17) is 4.74 Å². The van der Waals surface area contributed by atoms with Crippen molar-refractivity contribution in [3.63, 3.8) is 0 Å². The second kappa shape index (κ2) is 21.4. The lowest BCUT2D eigenvalue weighted by Gasteiger charge is -2.25. The molecular formula is C46H76N6O7Si4. The SMILES string of the molecule is CCCCn1c(=O)n(C)c(=O)n(CCC[Si](C)(C)c2ccc([Si](C)(C)C)cc2)c1=O.CCCCn1c(=O)n(CCC[Si](C)(C)c2ccc([Si](C)(C)C)cc2)c(=O)n(CC2CO2)c1=O. The largest absolute Gasteiger partial charge is 0.371 e. The molecule has 1 aliphatic heterocycles. The fraction of sp³-hybridized carbons (Fsp3) is 0.609. The predicted molar refractivity (Wildman–Crippen MR) is 271 cm³/mol. The highest BCUT2D eigenvalue weighted by molar-refractivity contribution is 6.91. The smallest absolute Gasteiger partial charge is 0.336 e. The lowest BCUT2D eigenvalue weighted by molar-refractivity contribution is 0.356. The molecular weight excluding hydrogens is 861 g/mol. The van der Waals surface area contributed by atoms with Gasteiger partial charge >= 0.3 is 34.1 Å². The van der Waals surface area contributed by atoms with Crippen molar-refractivity contribution in [1.29, 1.82) is 0 Å². The fourth-order valence-electron chi connectivity index (χ4n) is 7.86. The molecule has 1 aliphatic rings. The molecule has 0 spiro atoms. The van der Waals surface area contributed by atoms with Crippen molar-refractivity contribution in [3.8, 4) is 0 Å². The first kappa shape index (κ1) is 51.7. The van der Waals surface area contributed by atoms with Crippen molar-refractivity contribution >= 4 is 53.0 Å². The normalized spacial score (nSPS) is 14.4. The zero-order valence-corrected chi connectivity index (χ0v) is 44.6. The summed E-state index contributed by atoms with van der Waals surface area (Å²) in [5.74, 6) is 0. The summed E-state index contributed by atoms with van der Waals surface area (Å²) in [5.41, 5.74) is -3.01. The van der Waals surface area contributed by atoms with Crippen LogP contribution in [-0.2, 0) is 44.5 Å². The van der Waals surface area contributed by atoms with Gasteiger partial charge in [-0.05, 0) is 25.7 Å². The van der Waals surface area contributed by atoms with Crippen molar-refractivity contribution in [2.24, 2.45) is 7.05 Å². The molecule has 0 radical (unpaired) electrons. The summed E-state index contributed by atoms with van der Waals surface area (Å²) in [6.07, 6.45) is 4.58. The number of hydrogen-bond acceptors (Lipinski definition) is 7. The molecule has 348 valence electrons. The number of nitrogens with zero attached hydrogens (tertiary/aromatic N) is 6. The van der Waals surface area contributed by atoms with Gasteiger partial charge in [0.2, 0.25) is 0 Å². The molecule has 3 heterocycles. The zero-order valence-electron chi connectivity index (χ0n) is 40.6. The minimum Gasteiger partial charge on any atom is -0.371 e. The Morgan fingerprint density at radius 1 is 0.460 bits per heavy atom. The van der Waals surface area contributed by atoms with Crippen LogP contribution in [0, 0.1) is 0 Å². The molecule has 63 heavy (non-hydrogen) atoms. The number of aromatic nitrogens is 6. The molecule has 0 saturated carbocycles. The third-order valence-corrected chi connectivity index (χ3v) is 23.7. The van der Waals surface area contributed by atoms with Gasteiger partial charge in [-0.15, -0.1) is 0 Å². The topological polar surface area (TPSA) is 145 Å². The summed E-state index contributed by atoms with van der Waals surface area (Å²) in [6, 6.07) is 20.2. The maximum atomic E-state index is 13.0. The van der Waals surface area contributed by atoms with E-state index in [-0.39, 0.29) is 12.6 Å². The van der Waals surface area contributed by atoms with E-state index in [1.54, 1.807) is 0 Å². The van der Waals surface area contributed by atoms with Crippen LogP contribution >= 0.6 is 0 Å². The molecule has 1 unspecified atom stereocenters. The molecule has 1 saturated heterocycles. The molecule has 2 aromatic carbocycles. The van der Waals surface area contributed by atoms with Crippen LogP contribution in [0.15, 0.2) is 77.3 Å². The van der Waals surface area contributed by atoms with E-state index in [2.05, 4.69) is 114 Å². The summed E-state index contributed by atoms with van der Waals surface area (Å²) < 4.78 is 12.4. The highest BCUT2D eigenvalue weighted by Gasteiger charge is 2.29. The lowest BCUT2D eigenvalue weighted by atomic mass is 10.3. The van der Waals surface area contributed by atoms with Gasteiger partial charge in [0.25, 0.3) is 0 Å². The summed E-state index contributed by atoms with van der Waals surface area (Å²) in [4.78, 5) is 76.4. The molecule has 17 heteroatoms. The Morgan fingerprint density at radius 2 is 0.746 bits per heavy atom. The van der Waals surface area contributed by atoms with Crippen LogP contribution < -0.4 is 54.9 Å². The first-order valence-electron chi connectivity index (χ1n) is 23.0. The Balaban J connectivity index is 0.000000278. The second-order valence-electron chi connectivity index (χ2n) is 20.8. The summed E-state index contributed by atoms with van der Waals surface area (Å²) in [7, 11) is -4.60. The maximum absolute atomic E-state index is 13.0. The van der Waals surface area contributed by atoms with Crippen LogP contribution in [0.2, 0.25) is 77.6 Å². The number of epoxide rings is 1. The average molecular weight is 937 g/mol. The first-order chi connectivity index (χ1) is 29.3. The third-order valence-electron chi connectivity index (χ3n) is 12.6. The maximum Gasteiger partial charge on any atom is 0.336 e. The number of ether oxygens (including phenoxy) is 1. The zero-order chi connectivity index (χ0) is 47.1. The quantitative estimate of drug-likeness (QED) is 0.0964. The Morgan fingerprint density at radius 3 is 1.05 bits per heavy atom. The van der Waals surface area contributed by atoms with Gasteiger partial charge in [0, 0.05) is 33.2 Å². The van der Waals surface area contributed by atoms with Gasteiger partial charge in [0.05, 0.1) is 51.6 Å². The fourth-order valence-corrected chi connectivity index (χ4v) is 15.0. The van der Waals surface area contributed by atoms with E-state index in [0.717, 1.165) is 55.2 Å². The van der Waals surface area contributed by atoms with E-state index < -0.39 is 66.4 Å². The minimum atomic E-state index is -1.72. The van der Waals surface area contributed by atoms with Crippen molar-refractivity contribution < 1.29 is 4.74 Å². The second-order valence-corrected chi connectivity index (χ2v) is 40.6. The van der Waals surface area contributed by atoms with Crippen LogP contribution in [0.5, 0.6) is 0 Å². The molecule has 1 atom stereocenters. The van der Waals surface area contributed by atoms with Crippen LogP contribution in [0.4, 0.5) is 0 Å². The number of hydrogen-bond donors (Lipinski definition) is 0. The highest BCUT2D eigenvalue weighted by atomic mass is 28.3. The molecule has 2 aromatic heterocycles. The standard InChI is InChI=1S/C24H39N3O4Si2.C22H37N3O3Si2/c1-7-8-14-25-22(28)26(24(30)27(23(25)29)17-19-18-31-19)15-9-16-33(5,6)21-12-10-20(11-13-21)32(2,3)4;1-8-9-15-24-20(26)23(2)21(27)25(22(24)28)16-10-17-30(6,7)19-13-11-18(12-14-19)29(3,4)5/h10-13,19H,7-9,14-18H2,1-6H3;11-14H,8-10,15-17H2,1-7H3. The molecule has 5 rings (SSSR count). The van der Waals surface area contributed by atoms with Gasteiger partial charge in [0.1, 0.15) is 0 Å². The van der Waals surface area contributed by atoms with Gasteiger partial charge in [-0.3, -0.25) is 0 Å². The molecule has 0 aliphatic carbocycles. The summed E-state index contributed by atoms with van der Waals surface area (Å²) >= 11 is 0. The lowest BCUT2D eigenvalue weighted by Crippen LogP contribution is -2.55. The summed E-state index contributed by atoms with van der Waals surface area (Å²) in [6.45, 7) is 29.6. The van der Waals surface area contributed by atoms with Crippen LogP contribution in [0.25, 0.3) is 0 Å². The van der Waals surface area contributed by atoms with Gasteiger partial charge in [-0.1, -0.05) is 174 Å². The van der Waals surface area contributed by atoms with E-state index in [9.17, 15) is 28.8 Å². The first-order valence-corrected chi connectivity index (χ1v) is 36.5. The van der Waals surface area contributed by atoms with Gasteiger partial charge in [-0.2, -0.15) is 0 Å². The molecule has 4 aromatic rings. The van der Waals surface area contributed by atoms with Gasteiger partial charge in [-0.25, -0.2) is 56.2 Å². The third kappa shape index (κ3) is 13.3. The number of benzene rings is 2. The van der Waals surface area contributed by atoms with Crippen molar-refractivity contribution in [1.82, 2.24) is 27.4 Å². The van der Waals surface area contributed by atoms with Crippen molar-refractivity contribution in [3.05, 3.63) is 111 Å². The van der Waals surface area contributed by atoms with Crippen LogP contribution in [-0.4, -0.2) is 72.4 Å². The Kier molecular flexibility index (Phi) is 17.6. The van der Waals surface area contributed by atoms with E-state index >= 15 is 0 Å². The van der Waals surface area contributed by atoms with E-state index in [1.807, 2.05) is 13.8 Å². The minimum absolute atomic E-state index is 0.105. The monoisotopic (exact) mass is 936 g/mol. The summed E-state index contributed by atoms with van der Waals surface area (Å²) in [5, 5.41) is 5.71.